The van der Waals surface area contributed by atoms with Gasteiger partial charge < -0.3 is 9.47 Å². The molecule has 6 heteroatoms. The maximum Gasteiger partial charge on any atom is 0.240 e. The molecule has 0 saturated heterocycles. The number of aryl methyl sites for hydroxylation is 1. The summed E-state index contributed by atoms with van der Waals surface area (Å²) in [5.74, 6) is 0.662. The molecule has 0 bridgehead atoms. The summed E-state index contributed by atoms with van der Waals surface area (Å²) >= 11 is 0. The van der Waals surface area contributed by atoms with E-state index in [0.29, 0.717) is 12.4 Å². The molecule has 2 aromatic rings. The molecule has 25 heavy (non-hydrogen) atoms. The fraction of sp³-hybridized carbons (Fsp3) is 0.368. The van der Waals surface area contributed by atoms with Gasteiger partial charge in [-0.2, -0.15) is 0 Å². The molecule has 2 rings (SSSR count). The number of nitrogens with one attached hydrogen (secondary N) is 1. The lowest BCUT2D eigenvalue weighted by Gasteiger charge is -2.18. The van der Waals surface area contributed by atoms with Gasteiger partial charge in [0.05, 0.1) is 17.6 Å². The molecule has 0 saturated carbocycles. The summed E-state index contributed by atoms with van der Waals surface area (Å²) in [4.78, 5) is 0.205. The predicted octanol–water partition coefficient (Wildman–Crippen LogP) is 3.45. The van der Waals surface area contributed by atoms with E-state index in [2.05, 4.69) is 4.72 Å². The van der Waals surface area contributed by atoms with E-state index in [1.165, 1.54) is 0 Å². The number of hydrogen-bond donors (Lipinski definition) is 1. The summed E-state index contributed by atoms with van der Waals surface area (Å²) in [5, 5.41) is 0. The van der Waals surface area contributed by atoms with Gasteiger partial charge in [0, 0.05) is 13.7 Å². The van der Waals surface area contributed by atoms with Gasteiger partial charge in [0.1, 0.15) is 5.75 Å². The average Bonchev–Trinajstić information content (AvgIpc) is 2.62. The monoisotopic (exact) mass is 363 g/mol. The summed E-state index contributed by atoms with van der Waals surface area (Å²) in [6.07, 6.45) is 0.557. The van der Waals surface area contributed by atoms with E-state index < -0.39 is 10.0 Å². The lowest BCUT2D eigenvalue weighted by Crippen LogP contribution is -2.29. The van der Waals surface area contributed by atoms with Gasteiger partial charge in [-0.3, -0.25) is 0 Å². The Kier molecular flexibility index (Phi) is 6.99. The van der Waals surface area contributed by atoms with Crippen molar-refractivity contribution in [2.24, 2.45) is 0 Å². The minimum atomic E-state index is -3.61. The quantitative estimate of drug-likeness (QED) is 0.741. The standard InChI is InChI=1S/C19H25NO4S/c1-4-13-24-16-9-11-17(12-10-16)25(21,22)20-14-19(23-3)18-8-6-5-7-15(18)2/h5-12,19-20H,4,13-14H2,1-3H3. The van der Waals surface area contributed by atoms with Crippen molar-refractivity contribution in [3.63, 3.8) is 0 Å². The molecule has 0 amide bonds. The van der Waals surface area contributed by atoms with Gasteiger partial charge in [-0.1, -0.05) is 31.2 Å². The summed E-state index contributed by atoms with van der Waals surface area (Å²) in [5.41, 5.74) is 2.03. The van der Waals surface area contributed by atoms with Crippen LogP contribution in [0.5, 0.6) is 5.75 Å². The Bertz CT molecular complexity index is 772. The fourth-order valence-electron chi connectivity index (χ4n) is 2.47. The van der Waals surface area contributed by atoms with E-state index >= 15 is 0 Å². The second-order valence-corrected chi connectivity index (χ2v) is 7.52. The number of sulfonamides is 1. The van der Waals surface area contributed by atoms with Crippen LogP contribution in [0, 0.1) is 6.92 Å². The van der Waals surface area contributed by atoms with Gasteiger partial charge in [-0.25, -0.2) is 13.1 Å². The third kappa shape index (κ3) is 5.29. The Hall–Kier alpha value is -1.89. The summed E-state index contributed by atoms with van der Waals surface area (Å²) in [6.45, 7) is 4.77. The van der Waals surface area contributed by atoms with Crippen molar-refractivity contribution in [1.82, 2.24) is 4.72 Å². The first-order valence-electron chi connectivity index (χ1n) is 8.28. The van der Waals surface area contributed by atoms with Crippen LogP contribution in [0.25, 0.3) is 0 Å². The zero-order chi connectivity index (χ0) is 18.3. The van der Waals surface area contributed by atoms with Crippen LogP contribution in [0.2, 0.25) is 0 Å². The third-order valence-corrected chi connectivity index (χ3v) is 5.32. The van der Waals surface area contributed by atoms with Gasteiger partial charge in [0.15, 0.2) is 0 Å². The Balaban J connectivity index is 2.06. The minimum Gasteiger partial charge on any atom is -0.494 e. The van der Waals surface area contributed by atoms with Crippen molar-refractivity contribution in [2.75, 3.05) is 20.3 Å². The van der Waals surface area contributed by atoms with Gasteiger partial charge in [-0.05, 0) is 48.7 Å². The Morgan fingerprint density at radius 1 is 1.08 bits per heavy atom. The first-order valence-corrected chi connectivity index (χ1v) is 9.77. The second kappa shape index (κ2) is 8.99. The van der Waals surface area contributed by atoms with Crippen LogP contribution < -0.4 is 9.46 Å². The van der Waals surface area contributed by atoms with E-state index in [4.69, 9.17) is 9.47 Å². The molecule has 0 radical (unpaired) electrons. The molecule has 0 spiro atoms. The molecule has 0 aliphatic carbocycles. The van der Waals surface area contributed by atoms with E-state index in [0.717, 1.165) is 17.5 Å². The topological polar surface area (TPSA) is 64.6 Å². The smallest absolute Gasteiger partial charge is 0.240 e. The molecule has 1 unspecified atom stereocenters. The molecule has 5 nitrogen and oxygen atoms in total. The van der Waals surface area contributed by atoms with E-state index in [1.54, 1.807) is 31.4 Å². The van der Waals surface area contributed by atoms with Crippen molar-refractivity contribution >= 4 is 10.0 Å². The molecular formula is C19H25NO4S. The molecule has 0 heterocycles. The van der Waals surface area contributed by atoms with Crippen molar-refractivity contribution < 1.29 is 17.9 Å². The largest absolute Gasteiger partial charge is 0.494 e. The van der Waals surface area contributed by atoms with Crippen LogP contribution in [0.4, 0.5) is 0 Å². The summed E-state index contributed by atoms with van der Waals surface area (Å²) in [6, 6.07) is 14.2. The second-order valence-electron chi connectivity index (χ2n) is 5.75. The van der Waals surface area contributed by atoms with Crippen LogP contribution in [0.15, 0.2) is 53.4 Å². The number of rotatable bonds is 9. The minimum absolute atomic E-state index is 0.164. The number of ether oxygens (including phenoxy) is 2. The first-order chi connectivity index (χ1) is 12.0. The van der Waals surface area contributed by atoms with Gasteiger partial charge in [0.2, 0.25) is 10.0 Å². The molecule has 0 aliphatic heterocycles. The molecule has 1 N–H and O–H groups in total. The lowest BCUT2D eigenvalue weighted by molar-refractivity contribution is 0.107. The molecule has 0 aliphatic rings. The van der Waals surface area contributed by atoms with Crippen molar-refractivity contribution in [2.45, 2.75) is 31.3 Å². The van der Waals surface area contributed by atoms with Crippen molar-refractivity contribution in [1.29, 1.82) is 0 Å². The Morgan fingerprint density at radius 2 is 1.76 bits per heavy atom. The third-order valence-electron chi connectivity index (χ3n) is 3.89. The molecule has 0 fully saturated rings. The molecule has 0 aromatic heterocycles. The number of methoxy groups -OCH3 is 1. The van der Waals surface area contributed by atoms with Gasteiger partial charge in [0.25, 0.3) is 0 Å². The zero-order valence-corrected chi connectivity index (χ0v) is 15.7. The normalized spacial score (nSPS) is 12.8. The fourth-order valence-corrected chi connectivity index (χ4v) is 3.50. The molecular weight excluding hydrogens is 338 g/mol. The van der Waals surface area contributed by atoms with Crippen molar-refractivity contribution in [3.8, 4) is 5.75 Å². The highest BCUT2D eigenvalue weighted by molar-refractivity contribution is 7.89. The van der Waals surface area contributed by atoms with Crippen molar-refractivity contribution in [3.05, 3.63) is 59.7 Å². The Morgan fingerprint density at radius 3 is 2.36 bits per heavy atom. The van der Waals surface area contributed by atoms with Crippen LogP contribution in [0.1, 0.15) is 30.6 Å². The maximum absolute atomic E-state index is 12.5. The van der Waals surface area contributed by atoms with Crippen LogP contribution >= 0.6 is 0 Å². The number of benzene rings is 2. The van der Waals surface area contributed by atoms with E-state index in [9.17, 15) is 8.42 Å². The number of hydrogen-bond acceptors (Lipinski definition) is 4. The van der Waals surface area contributed by atoms with Crippen LogP contribution in [-0.2, 0) is 14.8 Å². The van der Waals surface area contributed by atoms with Crippen LogP contribution in [0.3, 0.4) is 0 Å². The zero-order valence-electron chi connectivity index (χ0n) is 14.9. The van der Waals surface area contributed by atoms with E-state index in [1.807, 2.05) is 38.1 Å². The van der Waals surface area contributed by atoms with E-state index in [-0.39, 0.29) is 17.5 Å². The van der Waals surface area contributed by atoms with Gasteiger partial charge >= 0.3 is 0 Å². The lowest BCUT2D eigenvalue weighted by atomic mass is 10.0. The summed E-state index contributed by atoms with van der Waals surface area (Å²) in [7, 11) is -2.03. The SMILES string of the molecule is CCCOc1ccc(S(=O)(=O)NCC(OC)c2ccccc2C)cc1. The average molecular weight is 363 g/mol. The summed E-state index contributed by atoms with van der Waals surface area (Å²) < 4.78 is 38.5. The van der Waals surface area contributed by atoms with Gasteiger partial charge in [-0.15, -0.1) is 0 Å². The molecule has 1 atom stereocenters. The highest BCUT2D eigenvalue weighted by Gasteiger charge is 2.19. The maximum atomic E-state index is 12.5. The Labute approximate surface area is 150 Å². The predicted molar refractivity (Wildman–Crippen MR) is 98.3 cm³/mol. The highest BCUT2D eigenvalue weighted by atomic mass is 32.2. The molecule has 2 aromatic carbocycles. The highest BCUT2D eigenvalue weighted by Crippen LogP contribution is 2.21. The first kappa shape index (κ1) is 19.4. The molecule has 136 valence electrons. The van der Waals surface area contributed by atoms with Crippen LogP contribution in [-0.4, -0.2) is 28.7 Å².